The minimum atomic E-state index is -0.334. The van der Waals surface area contributed by atoms with E-state index >= 15 is 0 Å². The van der Waals surface area contributed by atoms with Crippen molar-refractivity contribution < 1.29 is 9.53 Å². The molecule has 1 heterocycles. The SMILES string of the molecule is COc1ncc(Cl)c(C(C)C(C)=O)n1. The van der Waals surface area contributed by atoms with Gasteiger partial charge in [-0.05, 0) is 13.8 Å². The number of ketones is 1. The Kier molecular flexibility index (Phi) is 3.41. The van der Waals surface area contributed by atoms with Gasteiger partial charge in [-0.25, -0.2) is 4.98 Å². The molecule has 0 fully saturated rings. The summed E-state index contributed by atoms with van der Waals surface area (Å²) in [5.74, 6) is -0.327. The maximum Gasteiger partial charge on any atom is 0.316 e. The van der Waals surface area contributed by atoms with Gasteiger partial charge in [0.05, 0.1) is 29.9 Å². The lowest BCUT2D eigenvalue weighted by Crippen LogP contribution is -2.08. The third-order valence-electron chi connectivity index (χ3n) is 1.95. The molecule has 0 bridgehead atoms. The first-order valence-electron chi connectivity index (χ1n) is 4.13. The third-order valence-corrected chi connectivity index (χ3v) is 2.24. The van der Waals surface area contributed by atoms with Crippen molar-refractivity contribution in [2.45, 2.75) is 19.8 Å². The lowest BCUT2D eigenvalue weighted by atomic mass is 10.0. The number of Topliss-reactive ketones (excluding diaryl/α,β-unsaturated/α-hetero) is 1. The number of nitrogens with zero attached hydrogens (tertiary/aromatic N) is 2. The molecule has 0 amide bonds. The zero-order chi connectivity index (χ0) is 10.7. The van der Waals surface area contributed by atoms with Gasteiger partial charge in [-0.2, -0.15) is 4.98 Å². The van der Waals surface area contributed by atoms with Crippen molar-refractivity contribution in [3.05, 3.63) is 16.9 Å². The highest BCUT2D eigenvalue weighted by molar-refractivity contribution is 6.31. The van der Waals surface area contributed by atoms with Crippen molar-refractivity contribution in [3.8, 4) is 6.01 Å². The highest BCUT2D eigenvalue weighted by Crippen LogP contribution is 2.23. The lowest BCUT2D eigenvalue weighted by Gasteiger charge is -2.09. The average Bonchev–Trinajstić information content (AvgIpc) is 2.17. The molecule has 1 atom stereocenters. The molecule has 1 aromatic rings. The average molecular weight is 215 g/mol. The number of hydrogen-bond acceptors (Lipinski definition) is 4. The Bertz CT molecular complexity index is 355. The standard InChI is InChI=1S/C9H11ClN2O2/c1-5(6(2)13)8-7(10)4-11-9(12-8)14-3/h4-5H,1-3H3. The van der Waals surface area contributed by atoms with Crippen LogP contribution in [0.15, 0.2) is 6.20 Å². The summed E-state index contributed by atoms with van der Waals surface area (Å²) >= 11 is 5.86. The van der Waals surface area contributed by atoms with Crippen molar-refractivity contribution in [1.29, 1.82) is 0 Å². The fourth-order valence-electron chi connectivity index (χ4n) is 0.958. The van der Waals surface area contributed by atoms with E-state index in [9.17, 15) is 4.79 Å². The van der Waals surface area contributed by atoms with Gasteiger partial charge in [0.2, 0.25) is 0 Å². The van der Waals surface area contributed by atoms with Gasteiger partial charge in [-0.1, -0.05) is 11.6 Å². The molecule has 0 aromatic carbocycles. The molecule has 0 aliphatic heterocycles. The van der Waals surface area contributed by atoms with Gasteiger partial charge in [0.25, 0.3) is 0 Å². The molecule has 0 radical (unpaired) electrons. The number of hydrogen-bond donors (Lipinski definition) is 0. The van der Waals surface area contributed by atoms with Gasteiger partial charge in [-0.15, -0.1) is 0 Å². The number of aromatic nitrogens is 2. The summed E-state index contributed by atoms with van der Waals surface area (Å²) in [5.41, 5.74) is 0.506. The van der Waals surface area contributed by atoms with E-state index in [1.54, 1.807) is 6.92 Å². The van der Waals surface area contributed by atoms with Crippen LogP contribution >= 0.6 is 11.6 Å². The van der Waals surface area contributed by atoms with E-state index < -0.39 is 0 Å². The Morgan fingerprint density at radius 3 is 2.79 bits per heavy atom. The molecule has 5 heteroatoms. The Morgan fingerprint density at radius 1 is 1.64 bits per heavy atom. The van der Waals surface area contributed by atoms with Crippen LogP contribution in [0, 0.1) is 0 Å². The second kappa shape index (κ2) is 4.37. The highest BCUT2D eigenvalue weighted by atomic mass is 35.5. The quantitative estimate of drug-likeness (QED) is 0.771. The van der Waals surface area contributed by atoms with Gasteiger partial charge >= 0.3 is 6.01 Å². The molecular weight excluding hydrogens is 204 g/mol. The largest absolute Gasteiger partial charge is 0.467 e. The first kappa shape index (κ1) is 10.9. The van der Waals surface area contributed by atoms with Gasteiger partial charge < -0.3 is 4.74 Å². The van der Waals surface area contributed by atoms with Crippen LogP contribution in [0.2, 0.25) is 5.02 Å². The number of rotatable bonds is 3. The van der Waals surface area contributed by atoms with Gasteiger partial charge in [-0.3, -0.25) is 4.79 Å². The van der Waals surface area contributed by atoms with E-state index in [1.165, 1.54) is 20.2 Å². The molecule has 0 saturated carbocycles. The van der Waals surface area contributed by atoms with Crippen molar-refractivity contribution in [2.24, 2.45) is 0 Å². The number of carbonyl (C=O) groups is 1. The zero-order valence-electron chi connectivity index (χ0n) is 8.24. The molecule has 1 unspecified atom stereocenters. The lowest BCUT2D eigenvalue weighted by molar-refractivity contribution is -0.118. The molecule has 14 heavy (non-hydrogen) atoms. The van der Waals surface area contributed by atoms with E-state index in [4.69, 9.17) is 16.3 Å². The van der Waals surface area contributed by atoms with Crippen LogP contribution in [0.1, 0.15) is 25.5 Å². The van der Waals surface area contributed by atoms with Crippen LogP contribution in [-0.2, 0) is 4.79 Å². The fraction of sp³-hybridized carbons (Fsp3) is 0.444. The number of halogens is 1. The summed E-state index contributed by atoms with van der Waals surface area (Å²) < 4.78 is 4.85. The van der Waals surface area contributed by atoms with Crippen LogP contribution in [-0.4, -0.2) is 22.9 Å². The normalized spacial score (nSPS) is 12.3. The molecule has 1 rings (SSSR count). The minimum absolute atomic E-state index is 0.00709. The van der Waals surface area contributed by atoms with Gasteiger partial charge in [0, 0.05) is 0 Å². The molecule has 76 valence electrons. The zero-order valence-corrected chi connectivity index (χ0v) is 9.00. The maximum absolute atomic E-state index is 11.1. The van der Waals surface area contributed by atoms with E-state index in [2.05, 4.69) is 9.97 Å². The summed E-state index contributed by atoms with van der Waals surface area (Å²) in [7, 11) is 1.46. The molecule has 0 spiro atoms. The van der Waals surface area contributed by atoms with E-state index in [1.807, 2.05) is 0 Å². The van der Waals surface area contributed by atoms with Crippen LogP contribution in [0.25, 0.3) is 0 Å². The van der Waals surface area contributed by atoms with Crippen LogP contribution < -0.4 is 4.74 Å². The number of carbonyl (C=O) groups excluding carboxylic acids is 1. The second-order valence-electron chi connectivity index (χ2n) is 2.92. The predicted octanol–water partition coefficient (Wildman–Crippen LogP) is 1.83. The van der Waals surface area contributed by atoms with Crippen LogP contribution in [0.3, 0.4) is 0 Å². The molecule has 1 aromatic heterocycles. The topological polar surface area (TPSA) is 52.1 Å². The summed E-state index contributed by atoms with van der Waals surface area (Å²) in [6.45, 7) is 3.24. The molecule has 0 aliphatic rings. The molecule has 4 nitrogen and oxygen atoms in total. The van der Waals surface area contributed by atoms with Crippen molar-refractivity contribution >= 4 is 17.4 Å². The van der Waals surface area contributed by atoms with Crippen molar-refractivity contribution in [2.75, 3.05) is 7.11 Å². The first-order chi connectivity index (χ1) is 6.56. The van der Waals surface area contributed by atoms with Gasteiger partial charge in [0.1, 0.15) is 5.78 Å². The summed E-state index contributed by atoms with van der Waals surface area (Å²) in [6, 6.07) is 0.220. The second-order valence-corrected chi connectivity index (χ2v) is 3.33. The Morgan fingerprint density at radius 2 is 2.29 bits per heavy atom. The molecule has 0 saturated heterocycles. The van der Waals surface area contributed by atoms with Crippen LogP contribution in [0.5, 0.6) is 6.01 Å². The first-order valence-corrected chi connectivity index (χ1v) is 4.51. The number of methoxy groups -OCH3 is 1. The van der Waals surface area contributed by atoms with Crippen LogP contribution in [0.4, 0.5) is 0 Å². The smallest absolute Gasteiger partial charge is 0.316 e. The fourth-order valence-corrected chi connectivity index (χ4v) is 1.21. The van der Waals surface area contributed by atoms with Crippen molar-refractivity contribution in [3.63, 3.8) is 0 Å². The molecule has 0 aliphatic carbocycles. The monoisotopic (exact) mass is 214 g/mol. The summed E-state index contributed by atoms with van der Waals surface area (Å²) in [5, 5.41) is 0.383. The summed E-state index contributed by atoms with van der Waals surface area (Å²) in [6.07, 6.45) is 1.43. The molecular formula is C9H11ClN2O2. The third kappa shape index (κ3) is 2.20. The number of ether oxygens (including phenoxy) is 1. The van der Waals surface area contributed by atoms with Crippen molar-refractivity contribution in [1.82, 2.24) is 9.97 Å². The Hall–Kier alpha value is -1.16. The summed E-state index contributed by atoms with van der Waals surface area (Å²) in [4.78, 5) is 19.0. The van der Waals surface area contributed by atoms with E-state index in [0.29, 0.717) is 10.7 Å². The molecule has 0 N–H and O–H groups in total. The predicted molar refractivity (Wildman–Crippen MR) is 52.7 cm³/mol. The van der Waals surface area contributed by atoms with E-state index in [-0.39, 0.29) is 17.7 Å². The Labute approximate surface area is 87.3 Å². The highest BCUT2D eigenvalue weighted by Gasteiger charge is 2.17. The van der Waals surface area contributed by atoms with Gasteiger partial charge in [0.15, 0.2) is 0 Å². The Balaban J connectivity index is 3.11. The van der Waals surface area contributed by atoms with E-state index in [0.717, 1.165) is 0 Å². The maximum atomic E-state index is 11.1. The minimum Gasteiger partial charge on any atom is -0.467 e.